The molecule has 0 saturated carbocycles. The first-order chi connectivity index (χ1) is 10.2. The number of rotatable bonds is 3. The summed E-state index contributed by atoms with van der Waals surface area (Å²) in [5.41, 5.74) is 6.96. The van der Waals surface area contributed by atoms with Crippen molar-refractivity contribution >= 4 is 29.0 Å². The number of pyridine rings is 1. The van der Waals surface area contributed by atoms with Crippen LogP contribution in [0.3, 0.4) is 0 Å². The molecule has 0 amide bonds. The number of nitrogens with zero attached hydrogens (tertiary/aromatic N) is 1. The van der Waals surface area contributed by atoms with Gasteiger partial charge in [-0.1, -0.05) is 30.3 Å². The van der Waals surface area contributed by atoms with Gasteiger partial charge in [0.25, 0.3) is 5.56 Å². The van der Waals surface area contributed by atoms with Crippen LogP contribution in [0.25, 0.3) is 10.8 Å². The Morgan fingerprint density at radius 2 is 1.77 bits per heavy atom. The van der Waals surface area contributed by atoms with Gasteiger partial charge in [-0.2, -0.15) is 0 Å². The monoisotopic (exact) mass is 316 g/mol. The van der Waals surface area contributed by atoms with Crippen molar-refractivity contribution in [2.45, 2.75) is 6.54 Å². The lowest BCUT2D eigenvalue weighted by atomic mass is 10.1. The first kappa shape index (κ1) is 15.9. The lowest BCUT2D eigenvalue weighted by molar-refractivity contribution is 0.414. The Hall–Kier alpha value is -2.46. The molecule has 0 spiro atoms. The highest BCUT2D eigenvalue weighted by Gasteiger charge is 2.07. The van der Waals surface area contributed by atoms with Gasteiger partial charge in [0, 0.05) is 5.39 Å². The second kappa shape index (κ2) is 6.54. The molecule has 0 radical (unpaired) electrons. The van der Waals surface area contributed by atoms with Gasteiger partial charge in [0.15, 0.2) is 0 Å². The van der Waals surface area contributed by atoms with Crippen LogP contribution in [0, 0.1) is 0 Å². The van der Waals surface area contributed by atoms with Crippen molar-refractivity contribution in [1.29, 1.82) is 0 Å². The van der Waals surface area contributed by atoms with E-state index in [4.69, 9.17) is 10.5 Å². The minimum absolute atomic E-state index is 0. The molecule has 0 atom stereocenters. The maximum atomic E-state index is 12.5. The summed E-state index contributed by atoms with van der Waals surface area (Å²) in [5, 5.41) is 1.55. The Bertz CT molecular complexity index is 841. The van der Waals surface area contributed by atoms with Crippen LogP contribution in [0.1, 0.15) is 5.56 Å². The van der Waals surface area contributed by atoms with Crippen LogP contribution < -0.4 is 16.0 Å². The fraction of sp³-hybridized carbons (Fsp3) is 0.118. The van der Waals surface area contributed by atoms with Crippen molar-refractivity contribution in [3.63, 3.8) is 0 Å². The zero-order valence-corrected chi connectivity index (χ0v) is 13.0. The number of benzene rings is 2. The highest BCUT2D eigenvalue weighted by Crippen LogP contribution is 2.16. The Kier molecular flexibility index (Phi) is 4.73. The molecule has 1 aromatic heterocycles. The van der Waals surface area contributed by atoms with E-state index in [-0.39, 0.29) is 18.0 Å². The fourth-order valence-electron chi connectivity index (χ4n) is 2.39. The van der Waals surface area contributed by atoms with Crippen molar-refractivity contribution in [3.8, 4) is 5.75 Å². The summed E-state index contributed by atoms with van der Waals surface area (Å²) in [5.74, 6) is 1.26. The Balaban J connectivity index is 0.00000176. The standard InChI is InChI=1S/C17H16N2O2.ClH/c1-21-14-8-6-12(7-9-14)11-19-16(18)10-13-4-2-3-5-15(13)17(19)20;/h2-10H,11,18H2,1H3;1H. The van der Waals surface area contributed by atoms with E-state index in [0.29, 0.717) is 17.7 Å². The normalized spacial score (nSPS) is 10.2. The van der Waals surface area contributed by atoms with Crippen LogP contribution in [0.4, 0.5) is 5.82 Å². The Morgan fingerprint density at radius 1 is 1.09 bits per heavy atom. The molecule has 0 aliphatic rings. The Morgan fingerprint density at radius 3 is 2.45 bits per heavy atom. The molecule has 4 nitrogen and oxygen atoms in total. The minimum Gasteiger partial charge on any atom is -0.497 e. The van der Waals surface area contributed by atoms with Gasteiger partial charge in [0.05, 0.1) is 13.7 Å². The topological polar surface area (TPSA) is 57.2 Å². The van der Waals surface area contributed by atoms with E-state index < -0.39 is 0 Å². The van der Waals surface area contributed by atoms with E-state index >= 15 is 0 Å². The summed E-state index contributed by atoms with van der Waals surface area (Å²) in [6, 6.07) is 16.9. The predicted octanol–water partition coefficient (Wildman–Crippen LogP) is 3.06. The summed E-state index contributed by atoms with van der Waals surface area (Å²) < 4.78 is 6.72. The molecule has 0 fully saturated rings. The van der Waals surface area contributed by atoms with Crippen molar-refractivity contribution in [3.05, 3.63) is 70.5 Å². The molecule has 2 aromatic carbocycles. The molecule has 0 unspecified atom stereocenters. The molecule has 1 heterocycles. The van der Waals surface area contributed by atoms with Crippen LogP contribution in [-0.2, 0) is 6.54 Å². The third-order valence-corrected chi connectivity index (χ3v) is 3.55. The van der Waals surface area contributed by atoms with Crippen LogP contribution in [-0.4, -0.2) is 11.7 Å². The lowest BCUT2D eigenvalue weighted by Gasteiger charge is -2.11. The molecular weight excluding hydrogens is 300 g/mol. The fourth-order valence-corrected chi connectivity index (χ4v) is 2.39. The first-order valence-electron chi connectivity index (χ1n) is 6.70. The zero-order valence-electron chi connectivity index (χ0n) is 12.2. The number of hydrogen-bond acceptors (Lipinski definition) is 3. The van der Waals surface area contributed by atoms with Gasteiger partial charge < -0.3 is 10.5 Å². The van der Waals surface area contributed by atoms with Crippen LogP contribution in [0.15, 0.2) is 59.4 Å². The molecule has 0 aliphatic carbocycles. The van der Waals surface area contributed by atoms with E-state index in [2.05, 4.69) is 0 Å². The van der Waals surface area contributed by atoms with Gasteiger partial charge in [-0.3, -0.25) is 9.36 Å². The summed E-state index contributed by atoms with van der Waals surface area (Å²) in [4.78, 5) is 12.5. The highest BCUT2D eigenvalue weighted by atomic mass is 35.5. The van der Waals surface area contributed by atoms with Crippen LogP contribution >= 0.6 is 12.4 Å². The minimum atomic E-state index is -0.0681. The summed E-state index contributed by atoms with van der Waals surface area (Å²) in [6.07, 6.45) is 0. The molecule has 114 valence electrons. The second-order valence-electron chi connectivity index (χ2n) is 4.90. The number of nitrogen functional groups attached to an aromatic ring is 1. The number of methoxy groups -OCH3 is 1. The zero-order chi connectivity index (χ0) is 14.8. The van der Waals surface area contributed by atoms with Crippen molar-refractivity contribution in [1.82, 2.24) is 4.57 Å². The van der Waals surface area contributed by atoms with Crippen molar-refractivity contribution < 1.29 is 4.74 Å². The predicted molar refractivity (Wildman–Crippen MR) is 92.0 cm³/mol. The first-order valence-corrected chi connectivity index (χ1v) is 6.70. The third kappa shape index (κ3) is 2.92. The molecule has 22 heavy (non-hydrogen) atoms. The average Bonchev–Trinajstić information content (AvgIpc) is 2.52. The lowest BCUT2D eigenvalue weighted by Crippen LogP contribution is -2.23. The van der Waals surface area contributed by atoms with Gasteiger partial charge in [0.2, 0.25) is 0 Å². The number of fused-ring (bicyclic) bond motifs is 1. The van der Waals surface area contributed by atoms with E-state index in [1.807, 2.05) is 54.6 Å². The molecule has 3 aromatic rings. The molecule has 0 aliphatic heterocycles. The van der Waals surface area contributed by atoms with Crippen molar-refractivity contribution in [2.24, 2.45) is 0 Å². The number of halogens is 1. The molecule has 0 saturated heterocycles. The van der Waals surface area contributed by atoms with E-state index in [9.17, 15) is 4.79 Å². The van der Waals surface area contributed by atoms with Crippen LogP contribution in [0.2, 0.25) is 0 Å². The highest BCUT2D eigenvalue weighted by molar-refractivity contribution is 5.85. The summed E-state index contributed by atoms with van der Waals surface area (Å²) in [6.45, 7) is 0.444. The van der Waals surface area contributed by atoms with Crippen LogP contribution in [0.5, 0.6) is 5.75 Å². The second-order valence-corrected chi connectivity index (χ2v) is 4.90. The number of hydrogen-bond donors (Lipinski definition) is 1. The van der Waals surface area contributed by atoms with Gasteiger partial charge >= 0.3 is 0 Å². The molecular formula is C17H17ClN2O2. The summed E-state index contributed by atoms with van der Waals surface area (Å²) >= 11 is 0. The van der Waals surface area contributed by atoms with Gasteiger partial charge in [-0.25, -0.2) is 0 Å². The molecule has 0 bridgehead atoms. The average molecular weight is 317 g/mol. The molecule has 3 rings (SSSR count). The smallest absolute Gasteiger partial charge is 0.260 e. The van der Waals surface area contributed by atoms with E-state index in [0.717, 1.165) is 16.7 Å². The van der Waals surface area contributed by atoms with Gasteiger partial charge in [-0.15, -0.1) is 12.4 Å². The number of nitrogens with two attached hydrogens (primary N) is 1. The van der Waals surface area contributed by atoms with Gasteiger partial charge in [-0.05, 0) is 35.2 Å². The Labute approximate surface area is 134 Å². The molecule has 5 heteroatoms. The number of aromatic nitrogens is 1. The van der Waals surface area contributed by atoms with E-state index in [1.54, 1.807) is 11.7 Å². The number of ether oxygens (including phenoxy) is 1. The summed E-state index contributed by atoms with van der Waals surface area (Å²) in [7, 11) is 1.63. The number of anilines is 1. The quantitative estimate of drug-likeness (QED) is 0.808. The maximum absolute atomic E-state index is 12.5. The molecule has 2 N–H and O–H groups in total. The van der Waals surface area contributed by atoms with E-state index in [1.165, 1.54) is 0 Å². The largest absolute Gasteiger partial charge is 0.497 e. The SMILES string of the molecule is COc1ccc(Cn2c(N)cc3ccccc3c2=O)cc1.Cl. The van der Waals surface area contributed by atoms with Crippen molar-refractivity contribution in [2.75, 3.05) is 12.8 Å². The third-order valence-electron chi connectivity index (χ3n) is 3.55. The van der Waals surface area contributed by atoms with Gasteiger partial charge in [0.1, 0.15) is 11.6 Å². The maximum Gasteiger partial charge on any atom is 0.260 e.